The van der Waals surface area contributed by atoms with Crippen LogP contribution in [0.4, 0.5) is 17.1 Å². The summed E-state index contributed by atoms with van der Waals surface area (Å²) in [5.74, 6) is 0. The van der Waals surface area contributed by atoms with E-state index >= 15 is 0 Å². The van der Waals surface area contributed by atoms with E-state index in [1.165, 1.54) is 80.6 Å². The van der Waals surface area contributed by atoms with E-state index in [0.29, 0.717) is 0 Å². The van der Waals surface area contributed by atoms with Crippen molar-refractivity contribution >= 4 is 81.1 Å². The third kappa shape index (κ3) is 6.09. The average Bonchev–Trinajstić information content (AvgIpc) is 3.88. The Morgan fingerprint density at radius 3 is 1.74 bits per heavy atom. The van der Waals surface area contributed by atoms with Crippen LogP contribution in [0.2, 0.25) is 0 Å². The van der Waals surface area contributed by atoms with Crippen LogP contribution >= 0.6 is 11.3 Å². The third-order valence-corrected chi connectivity index (χ3v) is 13.4. The van der Waals surface area contributed by atoms with Gasteiger partial charge in [0.05, 0.1) is 11.0 Å². The summed E-state index contributed by atoms with van der Waals surface area (Å²) < 4.78 is 5.10. The molecular weight excluding hydrogens is 757 g/mol. The largest absolute Gasteiger partial charge is 0.310 e. The minimum atomic E-state index is 1.09. The summed E-state index contributed by atoms with van der Waals surface area (Å²) in [4.78, 5) is 2.40. The van der Waals surface area contributed by atoms with Crippen molar-refractivity contribution in [1.29, 1.82) is 0 Å². The number of anilines is 3. The molecule has 0 spiro atoms. The number of rotatable bonds is 7. The normalized spacial score (nSPS) is 11.6. The lowest BCUT2D eigenvalue weighted by molar-refractivity contribution is 1.18. The van der Waals surface area contributed by atoms with Crippen LogP contribution in [0.1, 0.15) is 0 Å². The number of benzene rings is 10. The van der Waals surface area contributed by atoms with Gasteiger partial charge >= 0.3 is 0 Å². The first-order valence-corrected chi connectivity index (χ1v) is 21.6. The molecule has 2 nitrogen and oxygen atoms in total. The second kappa shape index (κ2) is 14.5. The summed E-state index contributed by atoms with van der Waals surface area (Å²) in [5.41, 5.74) is 14.0. The second-order valence-corrected chi connectivity index (χ2v) is 16.8. The Balaban J connectivity index is 1.09. The highest BCUT2D eigenvalue weighted by Crippen LogP contribution is 2.44. The van der Waals surface area contributed by atoms with Crippen molar-refractivity contribution < 1.29 is 0 Å². The number of para-hydroxylation sites is 1. The Morgan fingerprint density at radius 1 is 0.328 bits per heavy atom. The summed E-state index contributed by atoms with van der Waals surface area (Å²) in [6.45, 7) is 0. The Morgan fingerprint density at radius 2 is 0.918 bits per heavy atom. The molecule has 0 aliphatic heterocycles. The molecule has 2 aromatic heterocycles. The molecule has 3 heteroatoms. The Bertz CT molecular complexity index is 3580. The predicted molar refractivity (Wildman–Crippen MR) is 262 cm³/mol. The van der Waals surface area contributed by atoms with Gasteiger partial charge in [0.1, 0.15) is 0 Å². The van der Waals surface area contributed by atoms with E-state index in [1.807, 2.05) is 11.3 Å². The van der Waals surface area contributed by atoms with Gasteiger partial charge in [-0.25, -0.2) is 0 Å². The van der Waals surface area contributed by atoms with Crippen molar-refractivity contribution in [3.8, 4) is 39.1 Å². The van der Waals surface area contributed by atoms with E-state index < -0.39 is 0 Å². The molecule has 0 unspecified atom stereocenters. The Hall–Kier alpha value is -7.72. The first-order valence-electron chi connectivity index (χ1n) is 20.8. The highest BCUT2D eigenvalue weighted by molar-refractivity contribution is 7.26. The van der Waals surface area contributed by atoms with Gasteiger partial charge < -0.3 is 9.47 Å². The molecule has 0 bridgehead atoms. The van der Waals surface area contributed by atoms with Gasteiger partial charge in [-0.15, -0.1) is 11.3 Å². The van der Waals surface area contributed by atoms with Gasteiger partial charge in [0, 0.05) is 53.7 Å². The minimum Gasteiger partial charge on any atom is -0.310 e. The molecule has 61 heavy (non-hydrogen) atoms. The maximum atomic E-state index is 2.48. The summed E-state index contributed by atoms with van der Waals surface area (Å²) in [6.07, 6.45) is 0. The molecule has 0 atom stereocenters. The molecule has 0 aliphatic carbocycles. The van der Waals surface area contributed by atoms with Crippen LogP contribution in [0.25, 0.3) is 91.8 Å². The molecule has 10 aromatic carbocycles. The number of aromatic nitrogens is 1. The van der Waals surface area contributed by atoms with Crippen molar-refractivity contribution in [3.63, 3.8) is 0 Å². The molecule has 0 radical (unpaired) electrons. The summed E-state index contributed by atoms with van der Waals surface area (Å²) in [6, 6.07) is 84.3. The molecule has 0 saturated carbocycles. The van der Waals surface area contributed by atoms with E-state index in [0.717, 1.165) is 28.3 Å². The van der Waals surface area contributed by atoms with Gasteiger partial charge in [0.15, 0.2) is 0 Å². The summed E-state index contributed by atoms with van der Waals surface area (Å²) >= 11 is 1.88. The molecule has 0 aliphatic rings. The van der Waals surface area contributed by atoms with Gasteiger partial charge in [-0.1, -0.05) is 164 Å². The van der Waals surface area contributed by atoms with E-state index in [1.54, 1.807) is 0 Å². The Kier molecular flexibility index (Phi) is 8.39. The Labute approximate surface area is 358 Å². The van der Waals surface area contributed by atoms with E-state index in [4.69, 9.17) is 0 Å². The molecular formula is C58H38N2S. The van der Waals surface area contributed by atoms with Gasteiger partial charge in [-0.2, -0.15) is 0 Å². The molecule has 2 heterocycles. The zero-order valence-electron chi connectivity index (χ0n) is 33.2. The number of hydrogen-bond donors (Lipinski definition) is 0. The first-order chi connectivity index (χ1) is 30.2. The predicted octanol–water partition coefficient (Wildman–Crippen LogP) is 16.8. The maximum Gasteiger partial charge on any atom is 0.0561 e. The van der Waals surface area contributed by atoms with Crippen molar-refractivity contribution in [2.75, 3.05) is 4.90 Å². The lowest BCUT2D eigenvalue weighted by Gasteiger charge is -2.26. The van der Waals surface area contributed by atoms with Crippen molar-refractivity contribution in [2.24, 2.45) is 0 Å². The van der Waals surface area contributed by atoms with E-state index in [2.05, 4.69) is 240 Å². The smallest absolute Gasteiger partial charge is 0.0561 e. The highest BCUT2D eigenvalue weighted by atomic mass is 32.1. The van der Waals surface area contributed by atoms with Gasteiger partial charge in [0.2, 0.25) is 0 Å². The average molecular weight is 795 g/mol. The molecule has 286 valence electrons. The molecule has 0 saturated heterocycles. The van der Waals surface area contributed by atoms with E-state index in [9.17, 15) is 0 Å². The molecule has 12 aromatic rings. The maximum absolute atomic E-state index is 2.48. The number of fused-ring (bicyclic) bond motifs is 7. The standard InChI is InChI=1S/C58H38N2S/c1-3-14-39(15-4-1)42-26-29-46(30-27-42)59(47-31-28-41-18-7-8-19-43(41)35-47)48-32-33-52-51-20-9-11-24-55(51)60(56(52)38-48)49-36-44(40-16-5-2-6-17-40)34-45(37-49)50-22-13-23-54-53-21-10-12-25-57(53)61-58(50)54/h1-38H. The van der Waals surface area contributed by atoms with Crippen LogP contribution in [0.5, 0.6) is 0 Å². The minimum absolute atomic E-state index is 1.09. The third-order valence-electron chi connectivity index (χ3n) is 12.1. The quantitative estimate of drug-likeness (QED) is 0.156. The topological polar surface area (TPSA) is 8.17 Å². The number of nitrogens with zero attached hydrogens (tertiary/aromatic N) is 2. The van der Waals surface area contributed by atoms with Crippen LogP contribution in [0.3, 0.4) is 0 Å². The van der Waals surface area contributed by atoms with Gasteiger partial charge in [-0.3, -0.25) is 0 Å². The van der Waals surface area contributed by atoms with Crippen molar-refractivity contribution in [2.45, 2.75) is 0 Å². The second-order valence-electron chi connectivity index (χ2n) is 15.7. The monoisotopic (exact) mass is 794 g/mol. The number of hydrogen-bond acceptors (Lipinski definition) is 2. The molecule has 0 fully saturated rings. The molecule has 0 amide bonds. The SMILES string of the molecule is c1ccc(-c2ccc(N(c3ccc4ccccc4c3)c3ccc4c5ccccc5n(-c5cc(-c6ccccc6)cc(-c6cccc7c6sc6ccccc67)c5)c4c3)cc2)cc1. The molecule has 0 N–H and O–H groups in total. The van der Waals surface area contributed by atoms with Crippen LogP contribution in [0, 0.1) is 0 Å². The van der Waals surface area contributed by atoms with Gasteiger partial charge in [-0.05, 0) is 111 Å². The number of thiophene rings is 1. The fraction of sp³-hybridized carbons (Fsp3) is 0. The van der Waals surface area contributed by atoms with Crippen LogP contribution in [0.15, 0.2) is 231 Å². The first kappa shape index (κ1) is 35.2. The van der Waals surface area contributed by atoms with Gasteiger partial charge in [0.25, 0.3) is 0 Å². The lowest BCUT2D eigenvalue weighted by atomic mass is 9.96. The lowest BCUT2D eigenvalue weighted by Crippen LogP contribution is -2.10. The fourth-order valence-electron chi connectivity index (χ4n) is 9.24. The molecule has 12 rings (SSSR count). The summed E-state index contributed by atoms with van der Waals surface area (Å²) in [7, 11) is 0. The van der Waals surface area contributed by atoms with Crippen molar-refractivity contribution in [1.82, 2.24) is 4.57 Å². The fourth-order valence-corrected chi connectivity index (χ4v) is 10.5. The van der Waals surface area contributed by atoms with E-state index in [-0.39, 0.29) is 0 Å². The van der Waals surface area contributed by atoms with Crippen LogP contribution in [-0.2, 0) is 0 Å². The zero-order chi connectivity index (χ0) is 40.3. The summed E-state index contributed by atoms with van der Waals surface area (Å²) in [5, 5.41) is 7.49. The van der Waals surface area contributed by atoms with Crippen molar-refractivity contribution in [3.05, 3.63) is 231 Å². The van der Waals surface area contributed by atoms with Crippen LogP contribution < -0.4 is 4.90 Å². The highest BCUT2D eigenvalue weighted by Gasteiger charge is 2.20. The van der Waals surface area contributed by atoms with Crippen LogP contribution in [-0.4, -0.2) is 4.57 Å². The zero-order valence-corrected chi connectivity index (χ0v) is 34.1.